The van der Waals surface area contributed by atoms with Gasteiger partial charge in [-0.25, -0.2) is 4.79 Å². The summed E-state index contributed by atoms with van der Waals surface area (Å²) in [6.07, 6.45) is 2.68. The highest BCUT2D eigenvalue weighted by molar-refractivity contribution is 9.10. The van der Waals surface area contributed by atoms with Gasteiger partial charge in [-0.1, -0.05) is 13.8 Å². The molecule has 0 radical (unpaired) electrons. The third-order valence-corrected chi connectivity index (χ3v) is 4.06. The Hall–Kier alpha value is -1.04. The van der Waals surface area contributed by atoms with E-state index < -0.39 is 5.60 Å². The highest BCUT2D eigenvalue weighted by atomic mass is 79.9. The van der Waals surface area contributed by atoms with Crippen LogP contribution in [0.4, 0.5) is 4.79 Å². The van der Waals surface area contributed by atoms with Gasteiger partial charge in [0.15, 0.2) is 0 Å². The summed E-state index contributed by atoms with van der Waals surface area (Å²) in [6, 6.07) is 0.223. The minimum Gasteiger partial charge on any atom is -0.444 e. The van der Waals surface area contributed by atoms with Crippen LogP contribution < -0.4 is 0 Å². The molecule has 0 bridgehead atoms. The second kappa shape index (κ2) is 5.99. The summed E-state index contributed by atoms with van der Waals surface area (Å²) in [4.78, 5) is 13.8. The quantitative estimate of drug-likeness (QED) is 0.804. The molecule has 118 valence electrons. The standard InChI is InChI=1S/C15H24BrN3O2/c1-10(2)13-12(16)9-19(17-13)11-6-7-18(8-11)14(20)21-15(3,4)5/h9-11H,6-8H2,1-5H3. The lowest BCUT2D eigenvalue weighted by molar-refractivity contribution is 0.0288. The second-order valence-corrected chi connectivity index (χ2v) is 7.72. The van der Waals surface area contributed by atoms with Crippen molar-refractivity contribution < 1.29 is 9.53 Å². The number of likely N-dealkylation sites (tertiary alicyclic amines) is 1. The fraction of sp³-hybridized carbons (Fsp3) is 0.733. The van der Waals surface area contributed by atoms with Crippen LogP contribution in [0.5, 0.6) is 0 Å². The molecule has 0 saturated carbocycles. The average Bonchev–Trinajstić information content (AvgIpc) is 2.92. The average molecular weight is 358 g/mol. The number of halogens is 1. The molecule has 2 heterocycles. The topological polar surface area (TPSA) is 47.4 Å². The summed E-state index contributed by atoms with van der Waals surface area (Å²) in [7, 11) is 0. The SMILES string of the molecule is CC(C)c1nn(C2CCN(C(=O)OC(C)(C)C)C2)cc1Br. The zero-order chi connectivity index (χ0) is 15.8. The van der Waals surface area contributed by atoms with Crippen molar-refractivity contribution in [2.24, 2.45) is 0 Å². The molecule has 1 aromatic heterocycles. The molecule has 1 saturated heterocycles. The van der Waals surface area contributed by atoms with Gasteiger partial charge in [0, 0.05) is 19.3 Å². The summed E-state index contributed by atoms with van der Waals surface area (Å²) in [5, 5.41) is 4.65. The lowest BCUT2D eigenvalue weighted by atomic mass is 10.1. The summed E-state index contributed by atoms with van der Waals surface area (Å²) < 4.78 is 8.43. The number of hydrogen-bond donors (Lipinski definition) is 0. The molecule has 1 aliphatic rings. The number of aromatic nitrogens is 2. The highest BCUT2D eigenvalue weighted by Crippen LogP contribution is 2.28. The Kier molecular flexibility index (Phi) is 4.66. The molecule has 0 aliphatic carbocycles. The number of hydrogen-bond acceptors (Lipinski definition) is 3. The van der Waals surface area contributed by atoms with E-state index in [1.54, 1.807) is 4.90 Å². The van der Waals surface area contributed by atoms with Crippen LogP contribution in [0, 0.1) is 0 Å². The number of carbonyl (C=O) groups excluding carboxylic acids is 1. The lowest BCUT2D eigenvalue weighted by Crippen LogP contribution is -2.35. The van der Waals surface area contributed by atoms with Gasteiger partial charge >= 0.3 is 6.09 Å². The monoisotopic (exact) mass is 357 g/mol. The Morgan fingerprint density at radius 2 is 2.14 bits per heavy atom. The molecular weight excluding hydrogens is 334 g/mol. The normalized spacial score (nSPS) is 19.4. The fourth-order valence-electron chi connectivity index (χ4n) is 2.41. The summed E-state index contributed by atoms with van der Waals surface area (Å²) in [6.45, 7) is 11.3. The van der Waals surface area contributed by atoms with Crippen molar-refractivity contribution in [3.05, 3.63) is 16.4 Å². The largest absolute Gasteiger partial charge is 0.444 e. The third-order valence-electron chi connectivity index (χ3n) is 3.45. The summed E-state index contributed by atoms with van der Waals surface area (Å²) >= 11 is 3.56. The van der Waals surface area contributed by atoms with Gasteiger partial charge in [-0.2, -0.15) is 5.10 Å². The summed E-state index contributed by atoms with van der Waals surface area (Å²) in [5.74, 6) is 0.379. The van der Waals surface area contributed by atoms with Gasteiger partial charge in [0.05, 0.1) is 16.2 Å². The number of ether oxygens (including phenoxy) is 1. The molecule has 1 amide bonds. The first-order chi connectivity index (χ1) is 9.67. The first-order valence-electron chi connectivity index (χ1n) is 7.40. The summed E-state index contributed by atoms with van der Waals surface area (Å²) in [5.41, 5.74) is 0.611. The highest BCUT2D eigenvalue weighted by Gasteiger charge is 2.31. The maximum atomic E-state index is 12.1. The van der Waals surface area contributed by atoms with Crippen molar-refractivity contribution in [2.45, 2.75) is 58.6 Å². The molecule has 0 N–H and O–H groups in total. The van der Waals surface area contributed by atoms with Crippen LogP contribution in [0.1, 0.15) is 58.7 Å². The Morgan fingerprint density at radius 3 is 2.67 bits per heavy atom. The zero-order valence-corrected chi connectivity index (χ0v) is 15.0. The van der Waals surface area contributed by atoms with Crippen LogP contribution in [0.2, 0.25) is 0 Å². The number of carbonyl (C=O) groups is 1. The van der Waals surface area contributed by atoms with Crippen LogP contribution in [-0.2, 0) is 4.74 Å². The van der Waals surface area contributed by atoms with Crippen molar-refractivity contribution in [1.82, 2.24) is 14.7 Å². The third kappa shape index (κ3) is 3.99. The van der Waals surface area contributed by atoms with Gasteiger partial charge in [-0.05, 0) is 49.0 Å². The van der Waals surface area contributed by atoms with Crippen LogP contribution >= 0.6 is 15.9 Å². The van der Waals surface area contributed by atoms with E-state index in [-0.39, 0.29) is 12.1 Å². The van der Waals surface area contributed by atoms with Gasteiger partial charge in [-0.3, -0.25) is 4.68 Å². The van der Waals surface area contributed by atoms with Gasteiger partial charge in [0.2, 0.25) is 0 Å². The van der Waals surface area contributed by atoms with Crippen molar-refractivity contribution in [1.29, 1.82) is 0 Å². The van der Waals surface area contributed by atoms with E-state index in [1.807, 2.05) is 31.6 Å². The van der Waals surface area contributed by atoms with Gasteiger partial charge < -0.3 is 9.64 Å². The Labute approximate surface area is 134 Å². The van der Waals surface area contributed by atoms with Crippen molar-refractivity contribution in [2.75, 3.05) is 13.1 Å². The number of nitrogens with zero attached hydrogens (tertiary/aromatic N) is 3. The van der Waals surface area contributed by atoms with E-state index in [4.69, 9.17) is 4.74 Å². The molecular formula is C15H24BrN3O2. The maximum Gasteiger partial charge on any atom is 0.410 e. The van der Waals surface area contributed by atoms with Gasteiger partial charge in [0.25, 0.3) is 0 Å². The van der Waals surface area contributed by atoms with Crippen LogP contribution in [-0.4, -0.2) is 39.5 Å². The predicted octanol–water partition coefficient (Wildman–Crippen LogP) is 3.95. The number of rotatable bonds is 2. The molecule has 1 fully saturated rings. The first kappa shape index (κ1) is 16.3. The van der Waals surface area contributed by atoms with Crippen LogP contribution in [0.25, 0.3) is 0 Å². The maximum absolute atomic E-state index is 12.1. The number of amides is 1. The molecule has 1 atom stereocenters. The molecule has 21 heavy (non-hydrogen) atoms. The minimum atomic E-state index is -0.450. The van der Waals surface area contributed by atoms with Crippen LogP contribution in [0.3, 0.4) is 0 Å². The van der Waals surface area contributed by atoms with E-state index in [2.05, 4.69) is 34.9 Å². The molecule has 2 rings (SSSR count). The lowest BCUT2D eigenvalue weighted by Gasteiger charge is -2.24. The van der Waals surface area contributed by atoms with Crippen LogP contribution in [0.15, 0.2) is 10.7 Å². The smallest absolute Gasteiger partial charge is 0.410 e. The molecule has 1 aromatic rings. The molecule has 1 unspecified atom stereocenters. The molecule has 0 spiro atoms. The molecule has 6 heteroatoms. The van der Waals surface area contributed by atoms with Crippen molar-refractivity contribution in [3.8, 4) is 0 Å². The van der Waals surface area contributed by atoms with E-state index in [1.165, 1.54) is 0 Å². The molecule has 5 nitrogen and oxygen atoms in total. The molecule has 0 aromatic carbocycles. The van der Waals surface area contributed by atoms with E-state index in [9.17, 15) is 4.79 Å². The van der Waals surface area contributed by atoms with Crippen molar-refractivity contribution >= 4 is 22.0 Å². The van der Waals surface area contributed by atoms with E-state index in [0.29, 0.717) is 19.0 Å². The second-order valence-electron chi connectivity index (χ2n) is 6.87. The predicted molar refractivity (Wildman–Crippen MR) is 85.5 cm³/mol. The Balaban J connectivity index is 2.02. The minimum absolute atomic E-state index is 0.223. The van der Waals surface area contributed by atoms with Gasteiger partial charge in [0.1, 0.15) is 5.60 Å². The van der Waals surface area contributed by atoms with E-state index in [0.717, 1.165) is 16.6 Å². The van der Waals surface area contributed by atoms with E-state index >= 15 is 0 Å². The fourth-order valence-corrected chi connectivity index (χ4v) is 3.16. The molecule has 1 aliphatic heterocycles. The Morgan fingerprint density at radius 1 is 1.48 bits per heavy atom. The Bertz CT molecular complexity index is 519. The van der Waals surface area contributed by atoms with Crippen molar-refractivity contribution in [3.63, 3.8) is 0 Å². The first-order valence-corrected chi connectivity index (χ1v) is 8.19. The zero-order valence-electron chi connectivity index (χ0n) is 13.4. The van der Waals surface area contributed by atoms with Gasteiger partial charge in [-0.15, -0.1) is 0 Å².